The van der Waals surface area contributed by atoms with Crippen LogP contribution in [0.2, 0.25) is 0 Å². The molecule has 6 heteroatoms. The molecule has 0 unspecified atom stereocenters. The van der Waals surface area contributed by atoms with Gasteiger partial charge in [0, 0.05) is 27.5 Å². The fraction of sp³-hybridized carbons (Fsp3) is 0.300. The second-order valence-electron chi connectivity index (χ2n) is 8.43. The first kappa shape index (κ1) is 25.3. The number of hydrogen-bond donors (Lipinski definition) is 0. The minimum absolute atomic E-state index is 0.189. The van der Waals surface area contributed by atoms with Gasteiger partial charge < -0.3 is 23.7 Å². The van der Waals surface area contributed by atoms with Crippen LogP contribution in [0.1, 0.15) is 18.1 Å². The summed E-state index contributed by atoms with van der Waals surface area (Å²) in [6, 6.07) is 17.9. The Bertz CT molecular complexity index is 1220. The van der Waals surface area contributed by atoms with Crippen LogP contribution >= 0.6 is 0 Å². The summed E-state index contributed by atoms with van der Waals surface area (Å²) in [5.41, 5.74) is 2.67. The molecule has 0 N–H and O–H groups in total. The molecule has 0 atom stereocenters. The predicted octanol–water partition coefficient (Wildman–Crippen LogP) is 5.47. The van der Waals surface area contributed by atoms with Crippen molar-refractivity contribution in [3.63, 3.8) is 0 Å². The zero-order valence-corrected chi connectivity index (χ0v) is 20.7. The molecule has 6 nitrogen and oxygen atoms in total. The van der Waals surface area contributed by atoms with Gasteiger partial charge in [-0.2, -0.15) is 0 Å². The second-order valence-corrected chi connectivity index (χ2v) is 8.43. The van der Waals surface area contributed by atoms with Gasteiger partial charge in [0.15, 0.2) is 0 Å². The van der Waals surface area contributed by atoms with E-state index >= 15 is 0 Å². The van der Waals surface area contributed by atoms with Crippen molar-refractivity contribution >= 4 is 16.7 Å². The zero-order chi connectivity index (χ0) is 25.2. The van der Waals surface area contributed by atoms with Crippen molar-refractivity contribution in [3.05, 3.63) is 90.0 Å². The van der Waals surface area contributed by atoms with Gasteiger partial charge in [0.05, 0.1) is 13.2 Å². The summed E-state index contributed by atoms with van der Waals surface area (Å²) < 4.78 is 29.0. The Kier molecular flexibility index (Phi) is 9.00. The standard InChI is InChI=1S/C30H32O6/c1-22(2)30(31)36-19-17-32-16-18-34-28-24-12-6-8-14-26(24)29(27-15-9-7-13-25(27)28)35-21-20-33-23-10-4-3-5-11-23/h3-12,14H,1,13,15-21H2,2H3. The van der Waals surface area contributed by atoms with E-state index in [0.717, 1.165) is 52.0 Å². The van der Waals surface area contributed by atoms with Crippen LogP contribution in [-0.4, -0.2) is 45.6 Å². The van der Waals surface area contributed by atoms with E-state index in [1.165, 1.54) is 0 Å². The number of esters is 1. The lowest BCUT2D eigenvalue weighted by Gasteiger charge is -2.23. The zero-order valence-electron chi connectivity index (χ0n) is 20.7. The van der Waals surface area contributed by atoms with Crippen molar-refractivity contribution in [2.45, 2.75) is 19.8 Å². The fourth-order valence-corrected chi connectivity index (χ4v) is 4.08. The maximum Gasteiger partial charge on any atom is 0.333 e. The molecule has 188 valence electrons. The molecule has 0 saturated carbocycles. The first-order chi connectivity index (χ1) is 17.6. The molecule has 0 radical (unpaired) electrons. The average molecular weight is 489 g/mol. The Morgan fingerprint density at radius 3 is 1.86 bits per heavy atom. The molecular formula is C30H32O6. The van der Waals surface area contributed by atoms with E-state index in [2.05, 4.69) is 30.9 Å². The highest BCUT2D eigenvalue weighted by Crippen LogP contribution is 2.43. The third-order valence-electron chi connectivity index (χ3n) is 5.76. The van der Waals surface area contributed by atoms with Crippen LogP contribution < -0.4 is 14.2 Å². The largest absolute Gasteiger partial charge is 0.490 e. The van der Waals surface area contributed by atoms with Gasteiger partial charge in [0.25, 0.3) is 0 Å². The number of carbonyl (C=O) groups excluding carboxylic acids is 1. The van der Waals surface area contributed by atoms with Crippen LogP contribution in [0.15, 0.2) is 78.9 Å². The Hall–Kier alpha value is -3.77. The third-order valence-corrected chi connectivity index (χ3v) is 5.76. The Labute approximate surface area is 212 Å². The van der Waals surface area contributed by atoms with Crippen LogP contribution in [0.3, 0.4) is 0 Å². The van der Waals surface area contributed by atoms with Crippen LogP contribution in [0, 0.1) is 0 Å². The van der Waals surface area contributed by atoms with Crippen LogP contribution in [0.4, 0.5) is 0 Å². The summed E-state index contributed by atoms with van der Waals surface area (Å²) in [6.45, 7) is 7.35. The lowest BCUT2D eigenvalue weighted by atomic mass is 9.90. The average Bonchev–Trinajstić information content (AvgIpc) is 2.91. The van der Waals surface area contributed by atoms with E-state index in [-0.39, 0.29) is 6.61 Å². The summed E-state index contributed by atoms with van der Waals surface area (Å²) in [5.74, 6) is 2.19. The van der Waals surface area contributed by atoms with Crippen molar-refractivity contribution in [3.8, 4) is 17.2 Å². The highest BCUT2D eigenvalue weighted by Gasteiger charge is 2.22. The monoisotopic (exact) mass is 488 g/mol. The fourth-order valence-electron chi connectivity index (χ4n) is 4.08. The van der Waals surface area contributed by atoms with Crippen molar-refractivity contribution in [2.75, 3.05) is 39.6 Å². The minimum Gasteiger partial charge on any atom is -0.490 e. The van der Waals surface area contributed by atoms with Gasteiger partial charge in [-0.15, -0.1) is 0 Å². The number of carbonyl (C=O) groups is 1. The van der Waals surface area contributed by atoms with E-state index in [1.807, 2.05) is 42.5 Å². The smallest absolute Gasteiger partial charge is 0.333 e. The normalized spacial score (nSPS) is 12.1. The minimum atomic E-state index is -0.407. The summed E-state index contributed by atoms with van der Waals surface area (Å²) in [7, 11) is 0. The first-order valence-corrected chi connectivity index (χ1v) is 12.2. The molecule has 0 spiro atoms. The molecule has 36 heavy (non-hydrogen) atoms. The summed E-state index contributed by atoms with van der Waals surface area (Å²) in [6.07, 6.45) is 5.91. The maximum atomic E-state index is 11.4. The van der Waals surface area contributed by atoms with Gasteiger partial charge >= 0.3 is 5.97 Å². The SMILES string of the molecule is C=C(C)C(=O)OCCOCCOc1c2c(c(OCCOc3ccccc3)c3ccccc13)CC=CC2. The Balaban J connectivity index is 1.41. The van der Waals surface area contributed by atoms with Crippen LogP contribution in [0.5, 0.6) is 17.2 Å². The highest BCUT2D eigenvalue weighted by molar-refractivity contribution is 5.96. The second kappa shape index (κ2) is 12.8. The summed E-state index contributed by atoms with van der Waals surface area (Å²) >= 11 is 0. The molecule has 4 rings (SSSR count). The van der Waals surface area contributed by atoms with Crippen molar-refractivity contribution < 1.29 is 28.5 Å². The van der Waals surface area contributed by atoms with E-state index in [4.69, 9.17) is 23.7 Å². The molecule has 1 aliphatic carbocycles. The summed E-state index contributed by atoms with van der Waals surface area (Å²) in [5, 5.41) is 2.04. The quantitative estimate of drug-likeness (QED) is 0.138. The van der Waals surface area contributed by atoms with E-state index in [1.54, 1.807) is 6.92 Å². The Morgan fingerprint density at radius 1 is 0.722 bits per heavy atom. The van der Waals surface area contributed by atoms with E-state index in [0.29, 0.717) is 38.6 Å². The van der Waals surface area contributed by atoms with Gasteiger partial charge in [-0.3, -0.25) is 0 Å². The van der Waals surface area contributed by atoms with Gasteiger partial charge in [0.1, 0.15) is 43.7 Å². The van der Waals surface area contributed by atoms with E-state index < -0.39 is 5.97 Å². The molecular weight excluding hydrogens is 456 g/mol. The van der Waals surface area contributed by atoms with Gasteiger partial charge in [-0.1, -0.05) is 61.2 Å². The number of hydrogen-bond acceptors (Lipinski definition) is 6. The molecule has 0 bridgehead atoms. The predicted molar refractivity (Wildman–Crippen MR) is 140 cm³/mol. The molecule has 0 saturated heterocycles. The maximum absolute atomic E-state index is 11.4. The number of fused-ring (bicyclic) bond motifs is 2. The van der Waals surface area contributed by atoms with Crippen molar-refractivity contribution in [1.29, 1.82) is 0 Å². The first-order valence-electron chi connectivity index (χ1n) is 12.2. The number of ether oxygens (including phenoxy) is 5. The molecule has 0 aliphatic heterocycles. The van der Waals surface area contributed by atoms with Crippen LogP contribution in [0.25, 0.3) is 10.8 Å². The van der Waals surface area contributed by atoms with E-state index in [9.17, 15) is 4.79 Å². The number of rotatable bonds is 13. The van der Waals surface area contributed by atoms with Gasteiger partial charge in [-0.05, 0) is 31.9 Å². The summed E-state index contributed by atoms with van der Waals surface area (Å²) in [4.78, 5) is 11.4. The van der Waals surface area contributed by atoms with Crippen molar-refractivity contribution in [2.24, 2.45) is 0 Å². The number of allylic oxidation sites excluding steroid dienone is 2. The molecule has 0 fully saturated rings. The third kappa shape index (κ3) is 6.46. The molecule has 0 amide bonds. The van der Waals surface area contributed by atoms with Crippen molar-refractivity contribution in [1.82, 2.24) is 0 Å². The topological polar surface area (TPSA) is 63.2 Å². The molecule has 3 aromatic rings. The van der Waals surface area contributed by atoms with Gasteiger partial charge in [-0.25, -0.2) is 4.79 Å². The number of para-hydroxylation sites is 1. The molecule has 3 aromatic carbocycles. The Morgan fingerprint density at radius 2 is 1.25 bits per heavy atom. The highest BCUT2D eigenvalue weighted by atomic mass is 16.6. The number of benzene rings is 3. The molecule has 0 aromatic heterocycles. The van der Waals surface area contributed by atoms with Gasteiger partial charge in [0.2, 0.25) is 0 Å². The molecule has 1 aliphatic rings. The lowest BCUT2D eigenvalue weighted by Crippen LogP contribution is -2.15. The lowest BCUT2D eigenvalue weighted by molar-refractivity contribution is -0.140. The van der Waals surface area contributed by atoms with Crippen LogP contribution in [-0.2, 0) is 27.1 Å². The molecule has 0 heterocycles.